The number of nitrogens with one attached hydrogen (secondary N) is 2. The van der Waals surface area contributed by atoms with Crippen LogP contribution in [0.2, 0.25) is 0 Å². The van der Waals surface area contributed by atoms with Crippen molar-refractivity contribution in [3.8, 4) is 0 Å². The minimum absolute atomic E-state index is 0. The monoisotopic (exact) mass is 556 g/mol. The molecule has 2 fully saturated rings. The van der Waals surface area contributed by atoms with E-state index in [-0.39, 0.29) is 29.4 Å². The number of guanidine groups is 1. The van der Waals surface area contributed by atoms with E-state index in [1.54, 1.807) is 0 Å². The van der Waals surface area contributed by atoms with Crippen LogP contribution >= 0.6 is 24.0 Å². The number of benzene rings is 1. The lowest BCUT2D eigenvalue weighted by Gasteiger charge is -2.34. The van der Waals surface area contributed by atoms with Gasteiger partial charge in [0.15, 0.2) is 5.96 Å². The second-order valence-electron chi connectivity index (χ2n) is 10.1. The third kappa shape index (κ3) is 9.96. The number of halogens is 1. The number of piperidine rings is 1. The molecule has 5 nitrogen and oxygen atoms in total. The van der Waals surface area contributed by atoms with Crippen LogP contribution in [-0.4, -0.2) is 62.8 Å². The first-order chi connectivity index (χ1) is 15.0. The minimum Gasteiger partial charge on any atom is -0.381 e. The molecule has 2 aliphatic heterocycles. The highest BCUT2D eigenvalue weighted by molar-refractivity contribution is 14.0. The van der Waals surface area contributed by atoms with Gasteiger partial charge in [-0.05, 0) is 62.3 Å². The second-order valence-corrected chi connectivity index (χ2v) is 10.1. The largest absolute Gasteiger partial charge is 0.381 e. The fraction of sp³-hybridized carbons (Fsp3) is 0.731. The Morgan fingerprint density at radius 2 is 1.91 bits per heavy atom. The van der Waals surface area contributed by atoms with Crippen molar-refractivity contribution in [1.29, 1.82) is 0 Å². The summed E-state index contributed by atoms with van der Waals surface area (Å²) < 4.78 is 5.54. The van der Waals surface area contributed by atoms with Crippen molar-refractivity contribution in [2.45, 2.75) is 65.3 Å². The van der Waals surface area contributed by atoms with Gasteiger partial charge in [0.05, 0.1) is 6.61 Å². The third-order valence-corrected chi connectivity index (χ3v) is 6.64. The molecule has 6 heteroatoms. The molecule has 32 heavy (non-hydrogen) atoms. The maximum Gasteiger partial charge on any atom is 0.191 e. The zero-order valence-electron chi connectivity index (χ0n) is 20.4. The van der Waals surface area contributed by atoms with Crippen molar-refractivity contribution < 1.29 is 4.74 Å². The SMILES string of the molecule is CCNC(=NCC(C)(C)CCCc1ccccc1)NC1CCN(CC2CCOC2)CC1.I. The first kappa shape index (κ1) is 27.4. The lowest BCUT2D eigenvalue weighted by Crippen LogP contribution is -2.49. The van der Waals surface area contributed by atoms with Crippen molar-refractivity contribution >= 4 is 29.9 Å². The molecule has 0 amide bonds. The van der Waals surface area contributed by atoms with Crippen molar-refractivity contribution in [3.05, 3.63) is 35.9 Å². The molecular weight excluding hydrogens is 511 g/mol. The molecule has 0 saturated carbocycles. The molecule has 2 heterocycles. The van der Waals surface area contributed by atoms with E-state index in [1.807, 2.05) is 0 Å². The van der Waals surface area contributed by atoms with Crippen LogP contribution in [0.4, 0.5) is 0 Å². The summed E-state index contributed by atoms with van der Waals surface area (Å²) in [6.45, 7) is 14.1. The summed E-state index contributed by atoms with van der Waals surface area (Å²) in [5.41, 5.74) is 1.65. The topological polar surface area (TPSA) is 48.9 Å². The second kappa shape index (κ2) is 14.4. The van der Waals surface area contributed by atoms with Crippen molar-refractivity contribution in [2.24, 2.45) is 16.3 Å². The number of rotatable bonds is 10. The molecule has 2 saturated heterocycles. The zero-order chi connectivity index (χ0) is 21.9. The Hall–Kier alpha value is -0.860. The van der Waals surface area contributed by atoms with E-state index in [0.29, 0.717) is 6.04 Å². The van der Waals surface area contributed by atoms with Crippen molar-refractivity contribution in [3.63, 3.8) is 0 Å². The molecule has 0 aromatic heterocycles. The lowest BCUT2D eigenvalue weighted by atomic mass is 9.86. The quantitative estimate of drug-likeness (QED) is 0.249. The summed E-state index contributed by atoms with van der Waals surface area (Å²) in [4.78, 5) is 7.59. The average molecular weight is 557 g/mol. The van der Waals surface area contributed by atoms with Gasteiger partial charge in [0.2, 0.25) is 0 Å². The molecule has 3 rings (SSSR count). The van der Waals surface area contributed by atoms with Gasteiger partial charge in [-0.25, -0.2) is 0 Å². The van der Waals surface area contributed by atoms with Gasteiger partial charge in [-0.1, -0.05) is 44.2 Å². The summed E-state index contributed by atoms with van der Waals surface area (Å²) in [6.07, 6.45) is 7.17. The van der Waals surface area contributed by atoms with Crippen LogP contribution in [0.5, 0.6) is 0 Å². The molecule has 1 atom stereocenters. The normalized spacial score (nSPS) is 20.7. The van der Waals surface area contributed by atoms with Crippen LogP contribution < -0.4 is 10.6 Å². The molecule has 1 aromatic carbocycles. The van der Waals surface area contributed by atoms with Gasteiger partial charge in [-0.15, -0.1) is 24.0 Å². The molecule has 0 radical (unpaired) electrons. The van der Waals surface area contributed by atoms with Crippen LogP contribution in [0, 0.1) is 11.3 Å². The Labute approximate surface area is 213 Å². The fourth-order valence-corrected chi connectivity index (χ4v) is 4.65. The molecule has 2 N–H and O–H groups in total. The van der Waals surface area contributed by atoms with Gasteiger partial charge in [-0.2, -0.15) is 0 Å². The predicted octanol–water partition coefficient (Wildman–Crippen LogP) is 4.71. The van der Waals surface area contributed by atoms with Crippen LogP contribution in [0.25, 0.3) is 0 Å². The summed E-state index contributed by atoms with van der Waals surface area (Å²) in [7, 11) is 0. The van der Waals surface area contributed by atoms with Crippen molar-refractivity contribution in [2.75, 3.05) is 45.9 Å². The molecule has 0 aliphatic carbocycles. The summed E-state index contributed by atoms with van der Waals surface area (Å²) in [5.74, 6) is 1.73. The molecule has 1 unspecified atom stereocenters. The van der Waals surface area contributed by atoms with E-state index < -0.39 is 0 Å². The van der Waals surface area contributed by atoms with Gasteiger partial charge >= 0.3 is 0 Å². The van der Waals surface area contributed by atoms with Gasteiger partial charge < -0.3 is 20.3 Å². The number of aliphatic imine (C=N–C) groups is 1. The molecule has 182 valence electrons. The number of aryl methyl sites for hydroxylation is 1. The molecule has 0 bridgehead atoms. The van der Waals surface area contributed by atoms with Gasteiger partial charge in [0.1, 0.15) is 0 Å². The maximum atomic E-state index is 5.54. The van der Waals surface area contributed by atoms with Gasteiger partial charge in [-0.3, -0.25) is 4.99 Å². The van der Waals surface area contributed by atoms with Crippen LogP contribution in [0.3, 0.4) is 0 Å². The van der Waals surface area contributed by atoms with E-state index in [0.717, 1.165) is 44.6 Å². The Morgan fingerprint density at radius 1 is 1.16 bits per heavy atom. The lowest BCUT2D eigenvalue weighted by molar-refractivity contribution is 0.150. The van der Waals surface area contributed by atoms with Gasteiger partial charge in [0.25, 0.3) is 0 Å². The van der Waals surface area contributed by atoms with E-state index in [1.165, 1.54) is 57.3 Å². The molecule has 1 aromatic rings. The number of likely N-dealkylation sites (tertiary alicyclic amines) is 1. The Kier molecular flexibility index (Phi) is 12.3. The summed E-state index contributed by atoms with van der Waals surface area (Å²) in [5, 5.41) is 7.18. The smallest absolute Gasteiger partial charge is 0.191 e. The number of nitrogens with zero attached hydrogens (tertiary/aromatic N) is 2. The summed E-state index contributed by atoms with van der Waals surface area (Å²) >= 11 is 0. The standard InChI is InChI=1S/C26H44N4O.HI/c1-4-27-25(28-21-26(2,3)15-8-11-22-9-6-5-7-10-22)29-24-12-16-30(17-13-24)19-23-14-18-31-20-23;/h5-7,9-10,23-24H,4,8,11-21H2,1-3H3,(H2,27,28,29);1H. The number of hydrogen-bond acceptors (Lipinski definition) is 3. The highest BCUT2D eigenvalue weighted by Crippen LogP contribution is 2.24. The third-order valence-electron chi connectivity index (χ3n) is 6.64. The Bertz CT molecular complexity index is 653. The first-order valence-corrected chi connectivity index (χ1v) is 12.4. The average Bonchev–Trinajstić information content (AvgIpc) is 3.27. The number of hydrogen-bond donors (Lipinski definition) is 2. The fourth-order valence-electron chi connectivity index (χ4n) is 4.65. The van der Waals surface area contributed by atoms with Gasteiger partial charge in [0, 0.05) is 45.4 Å². The van der Waals surface area contributed by atoms with Crippen molar-refractivity contribution in [1.82, 2.24) is 15.5 Å². The Balaban J connectivity index is 0.00000363. The van der Waals surface area contributed by atoms with E-state index in [4.69, 9.17) is 9.73 Å². The molecule has 2 aliphatic rings. The highest BCUT2D eigenvalue weighted by atomic mass is 127. The summed E-state index contributed by atoms with van der Waals surface area (Å²) in [6, 6.07) is 11.3. The van der Waals surface area contributed by atoms with E-state index in [2.05, 4.69) is 66.6 Å². The van der Waals surface area contributed by atoms with Crippen LogP contribution in [-0.2, 0) is 11.2 Å². The Morgan fingerprint density at radius 3 is 2.56 bits per heavy atom. The molecular formula is C26H45IN4O. The zero-order valence-corrected chi connectivity index (χ0v) is 22.8. The van der Waals surface area contributed by atoms with Crippen LogP contribution in [0.1, 0.15) is 58.4 Å². The van der Waals surface area contributed by atoms with Crippen LogP contribution in [0.15, 0.2) is 35.3 Å². The van der Waals surface area contributed by atoms with E-state index >= 15 is 0 Å². The number of ether oxygens (including phenoxy) is 1. The van der Waals surface area contributed by atoms with E-state index in [9.17, 15) is 0 Å². The minimum atomic E-state index is 0. The predicted molar refractivity (Wildman–Crippen MR) is 146 cm³/mol. The first-order valence-electron chi connectivity index (χ1n) is 12.4. The highest BCUT2D eigenvalue weighted by Gasteiger charge is 2.24. The maximum absolute atomic E-state index is 5.54. The molecule has 0 spiro atoms.